The fraction of sp³-hybridized carbons (Fsp3) is 0.441. The van der Waals surface area contributed by atoms with Crippen molar-refractivity contribution in [2.75, 3.05) is 52.8 Å². The molecule has 2 aliphatic carbocycles. The van der Waals surface area contributed by atoms with Crippen molar-refractivity contribution in [3.05, 3.63) is 71.2 Å². The Balaban J connectivity index is 1.15. The molecular weight excluding hydrogens is 554 g/mol. The fourth-order valence-corrected chi connectivity index (χ4v) is 7.14. The molecule has 7 rings (SSSR count). The van der Waals surface area contributed by atoms with Gasteiger partial charge in [-0.2, -0.15) is 0 Å². The van der Waals surface area contributed by atoms with Crippen LogP contribution in [0.5, 0.6) is 5.75 Å². The van der Waals surface area contributed by atoms with E-state index in [0.717, 1.165) is 97.2 Å². The molecule has 1 saturated heterocycles. The molecule has 10 heteroatoms. The number of aryl methyl sites for hydroxylation is 1. The first kappa shape index (κ1) is 28.6. The Morgan fingerprint density at radius 2 is 1.84 bits per heavy atom. The lowest BCUT2D eigenvalue weighted by Crippen LogP contribution is -2.52. The number of likely N-dealkylation sites (N-methyl/N-ethyl adjacent to an activating group) is 1. The number of hydrogen-bond donors (Lipinski definition) is 1. The molecular formula is C34H41N7O3. The predicted octanol–water partition coefficient (Wildman–Crippen LogP) is 4.73. The van der Waals surface area contributed by atoms with Crippen molar-refractivity contribution < 1.29 is 14.3 Å². The first-order valence-electron chi connectivity index (χ1n) is 15.5. The van der Waals surface area contributed by atoms with Gasteiger partial charge in [0.2, 0.25) is 0 Å². The number of amides is 1. The molecule has 10 nitrogen and oxygen atoms in total. The van der Waals surface area contributed by atoms with Crippen molar-refractivity contribution in [3.8, 4) is 17.0 Å². The fourth-order valence-electron chi connectivity index (χ4n) is 7.14. The topological polar surface area (TPSA) is 89.2 Å². The third-order valence-corrected chi connectivity index (χ3v) is 9.81. The third kappa shape index (κ3) is 4.86. The number of rotatable bonds is 7. The van der Waals surface area contributed by atoms with E-state index in [1.54, 1.807) is 14.2 Å². The number of carbonyl (C=O) groups is 1. The summed E-state index contributed by atoms with van der Waals surface area (Å²) in [6.45, 7) is 6.60. The molecule has 3 aliphatic rings. The zero-order chi connectivity index (χ0) is 30.5. The number of fused-ring (bicyclic) bond motifs is 2. The minimum absolute atomic E-state index is 0.196. The molecule has 0 spiro atoms. The minimum atomic E-state index is -0.196. The summed E-state index contributed by atoms with van der Waals surface area (Å²) >= 11 is 0. The highest BCUT2D eigenvalue weighted by Gasteiger charge is 2.38. The first-order valence-corrected chi connectivity index (χ1v) is 15.5. The van der Waals surface area contributed by atoms with Gasteiger partial charge in [-0.15, -0.1) is 0 Å². The number of allylic oxidation sites excluding steroid dienone is 1. The van der Waals surface area contributed by atoms with Crippen molar-refractivity contribution in [2.45, 2.75) is 44.6 Å². The third-order valence-electron chi connectivity index (χ3n) is 9.81. The van der Waals surface area contributed by atoms with E-state index in [-0.39, 0.29) is 5.91 Å². The molecule has 4 heterocycles. The van der Waals surface area contributed by atoms with Gasteiger partial charge >= 0.3 is 0 Å². The molecule has 1 amide bonds. The molecule has 0 radical (unpaired) electrons. The number of hydrogen-bond acceptors (Lipinski definition) is 7. The average Bonchev–Trinajstić information content (AvgIpc) is 3.56. The lowest BCUT2D eigenvalue weighted by molar-refractivity contribution is 0.0586. The van der Waals surface area contributed by atoms with Crippen molar-refractivity contribution in [1.29, 1.82) is 0 Å². The van der Waals surface area contributed by atoms with Crippen LogP contribution in [0.1, 0.15) is 58.4 Å². The molecule has 1 saturated carbocycles. The summed E-state index contributed by atoms with van der Waals surface area (Å²) in [5, 5.41) is 3.08. The van der Waals surface area contributed by atoms with E-state index >= 15 is 0 Å². The highest BCUT2D eigenvalue weighted by Crippen LogP contribution is 2.42. The van der Waals surface area contributed by atoms with Crippen molar-refractivity contribution in [3.63, 3.8) is 0 Å². The highest BCUT2D eigenvalue weighted by molar-refractivity contribution is 6.05. The summed E-state index contributed by atoms with van der Waals surface area (Å²) in [7, 11) is 7.43. The van der Waals surface area contributed by atoms with Gasteiger partial charge in [-0.25, -0.2) is 4.98 Å². The Labute approximate surface area is 258 Å². The minimum Gasteiger partial charge on any atom is -0.496 e. The second-order valence-corrected chi connectivity index (χ2v) is 12.3. The number of piperazine rings is 1. The molecule has 4 aromatic rings. The van der Waals surface area contributed by atoms with E-state index in [2.05, 4.69) is 37.6 Å². The zero-order valence-electron chi connectivity index (χ0n) is 26.3. The van der Waals surface area contributed by atoms with Crippen LogP contribution in [0.25, 0.3) is 22.5 Å². The SMILES string of the molecule is COC1=CCCc2c1cc(C(=O)Nc1ccc(-c3nc([C@H]4C[C@H](N5CCN(C)CC5)C4)n4ccnc(C)c34)cc1OC)n2C. The standard InChI is InChI=1S/C34H41N7O3/c1-21-32-31(37-33(41(32)12-11-35-21)23-17-24(18-23)40-15-13-38(2)14-16-40)22-9-10-26(30(19-22)44-5)36-34(42)28-20-25-27(39(28)3)7-6-8-29(25)43-4/h8-12,19-20,23-24H,6-7,13-18H2,1-5H3,(H,36,42)/t23-,24-. The van der Waals surface area contributed by atoms with Crippen LogP contribution in [0.2, 0.25) is 0 Å². The van der Waals surface area contributed by atoms with E-state index in [1.165, 1.54) is 0 Å². The molecule has 3 aromatic heterocycles. The van der Waals surface area contributed by atoms with Crippen LogP contribution in [0.4, 0.5) is 5.69 Å². The lowest BCUT2D eigenvalue weighted by Gasteiger charge is -2.45. The number of benzene rings is 1. The van der Waals surface area contributed by atoms with Gasteiger partial charge in [0.05, 0.1) is 36.8 Å². The zero-order valence-corrected chi connectivity index (χ0v) is 26.3. The predicted molar refractivity (Wildman–Crippen MR) is 171 cm³/mol. The summed E-state index contributed by atoms with van der Waals surface area (Å²) in [4.78, 5) is 28.4. The molecule has 230 valence electrons. The summed E-state index contributed by atoms with van der Waals surface area (Å²) in [5.74, 6) is 2.71. The van der Waals surface area contributed by atoms with Gasteiger partial charge in [0.25, 0.3) is 5.91 Å². The van der Waals surface area contributed by atoms with Crippen LogP contribution < -0.4 is 10.1 Å². The molecule has 1 aromatic carbocycles. The number of nitrogens with one attached hydrogen (secondary N) is 1. The highest BCUT2D eigenvalue weighted by atomic mass is 16.5. The Kier molecular flexibility index (Phi) is 7.42. The Morgan fingerprint density at radius 1 is 1.05 bits per heavy atom. The quantitative estimate of drug-likeness (QED) is 0.331. The smallest absolute Gasteiger partial charge is 0.272 e. The van der Waals surface area contributed by atoms with Crippen LogP contribution in [-0.2, 0) is 18.2 Å². The van der Waals surface area contributed by atoms with Gasteiger partial charge in [-0.1, -0.05) is 6.07 Å². The maximum atomic E-state index is 13.5. The van der Waals surface area contributed by atoms with E-state index < -0.39 is 0 Å². The van der Waals surface area contributed by atoms with Crippen molar-refractivity contribution >= 4 is 22.9 Å². The Hall–Kier alpha value is -4.15. The number of methoxy groups -OCH3 is 2. The molecule has 44 heavy (non-hydrogen) atoms. The van der Waals surface area contributed by atoms with Gasteiger partial charge < -0.3 is 24.3 Å². The summed E-state index contributed by atoms with van der Waals surface area (Å²) in [5.41, 5.74) is 7.03. The maximum absolute atomic E-state index is 13.5. The van der Waals surface area contributed by atoms with Crippen LogP contribution >= 0.6 is 0 Å². The second kappa shape index (κ2) is 11.4. The van der Waals surface area contributed by atoms with Gasteiger partial charge in [0, 0.05) is 74.4 Å². The maximum Gasteiger partial charge on any atom is 0.272 e. The van der Waals surface area contributed by atoms with Crippen LogP contribution in [-0.4, -0.2) is 88.1 Å². The monoisotopic (exact) mass is 595 g/mol. The van der Waals surface area contributed by atoms with E-state index in [1.807, 2.05) is 55.2 Å². The van der Waals surface area contributed by atoms with E-state index in [4.69, 9.17) is 14.5 Å². The summed E-state index contributed by atoms with van der Waals surface area (Å²) in [6, 6.07) is 8.40. The van der Waals surface area contributed by atoms with Crippen molar-refractivity contribution in [2.24, 2.45) is 7.05 Å². The van der Waals surface area contributed by atoms with Gasteiger partial charge in [-0.3, -0.25) is 19.1 Å². The average molecular weight is 596 g/mol. The lowest BCUT2D eigenvalue weighted by atomic mass is 9.78. The van der Waals surface area contributed by atoms with Gasteiger partial charge in [0.15, 0.2) is 0 Å². The normalized spacial score (nSPS) is 20.6. The number of aromatic nitrogens is 4. The van der Waals surface area contributed by atoms with Crippen LogP contribution in [0, 0.1) is 6.92 Å². The van der Waals surface area contributed by atoms with E-state index in [9.17, 15) is 4.79 Å². The molecule has 1 aliphatic heterocycles. The molecule has 2 fully saturated rings. The van der Waals surface area contributed by atoms with Crippen LogP contribution in [0.15, 0.2) is 42.7 Å². The molecule has 0 unspecified atom stereocenters. The Morgan fingerprint density at radius 3 is 2.59 bits per heavy atom. The van der Waals surface area contributed by atoms with Gasteiger partial charge in [-0.05, 0) is 63.9 Å². The number of nitrogens with zero attached hydrogens (tertiary/aromatic N) is 6. The van der Waals surface area contributed by atoms with E-state index in [0.29, 0.717) is 29.1 Å². The number of imidazole rings is 1. The van der Waals surface area contributed by atoms with Crippen LogP contribution in [0.3, 0.4) is 0 Å². The second-order valence-electron chi connectivity index (χ2n) is 12.3. The largest absolute Gasteiger partial charge is 0.496 e. The molecule has 0 bridgehead atoms. The van der Waals surface area contributed by atoms with Gasteiger partial charge in [0.1, 0.15) is 23.0 Å². The number of anilines is 1. The number of ether oxygens (including phenoxy) is 2. The summed E-state index contributed by atoms with van der Waals surface area (Å²) < 4.78 is 15.5. The number of carbonyl (C=O) groups excluding carboxylic acids is 1. The summed E-state index contributed by atoms with van der Waals surface area (Å²) in [6.07, 6.45) is 9.99. The first-order chi connectivity index (χ1) is 21.4. The molecule has 0 atom stereocenters. The van der Waals surface area contributed by atoms with Crippen molar-refractivity contribution in [1.82, 2.24) is 28.7 Å². The Bertz CT molecular complexity index is 1760. The molecule has 1 N–H and O–H groups in total.